The third kappa shape index (κ3) is 2.60. The summed E-state index contributed by atoms with van der Waals surface area (Å²) in [7, 11) is 0. The number of rotatable bonds is 2. The molecule has 1 aromatic carbocycles. The van der Waals surface area contributed by atoms with Crippen molar-refractivity contribution in [2.45, 2.75) is 33.1 Å². The largest absolute Gasteiger partial charge is 0.265 e. The molecule has 0 bridgehead atoms. The van der Waals surface area contributed by atoms with Gasteiger partial charge in [-0.05, 0) is 52.7 Å². The predicted molar refractivity (Wildman–Crippen MR) is 88.1 cm³/mol. The van der Waals surface area contributed by atoms with E-state index in [0.29, 0.717) is 17.6 Å². The molecule has 0 heterocycles. The molecule has 110 valence electrons. The Bertz CT molecular complexity index is 796. The van der Waals surface area contributed by atoms with Crippen molar-refractivity contribution in [2.24, 2.45) is 0 Å². The number of nitrogens with zero attached hydrogens (tertiary/aromatic N) is 4. The van der Waals surface area contributed by atoms with Gasteiger partial charge in [-0.25, -0.2) is 20.2 Å². The Morgan fingerprint density at radius 2 is 1.35 bits per heavy atom. The van der Waals surface area contributed by atoms with Gasteiger partial charge in [0, 0.05) is 0 Å². The molecule has 0 radical (unpaired) electrons. The molecular weight excluding hydrogens is 284 g/mol. The zero-order valence-electron chi connectivity index (χ0n) is 13.1. The van der Waals surface area contributed by atoms with Crippen LogP contribution in [0.15, 0.2) is 23.5 Å². The van der Waals surface area contributed by atoms with Crippen molar-refractivity contribution in [1.82, 2.24) is 0 Å². The first-order valence-electron chi connectivity index (χ1n) is 7.32. The molecule has 0 saturated carbocycles. The molecule has 1 aliphatic rings. The lowest BCUT2D eigenvalue weighted by atomic mass is 9.94. The molecular formula is C19H14N4. The minimum atomic E-state index is 0.0369. The van der Waals surface area contributed by atoms with Gasteiger partial charge >= 0.3 is 0 Å². The van der Waals surface area contributed by atoms with Gasteiger partial charge in [-0.2, -0.15) is 0 Å². The van der Waals surface area contributed by atoms with Crippen LogP contribution in [-0.2, 0) is 12.8 Å². The molecule has 0 aromatic heterocycles. The minimum Gasteiger partial charge on any atom is -0.226 e. The van der Waals surface area contributed by atoms with Gasteiger partial charge in [0.15, 0.2) is 0 Å². The predicted octanol–water partition coefficient (Wildman–Crippen LogP) is 4.52. The zero-order chi connectivity index (χ0) is 17.0. The van der Waals surface area contributed by atoms with Crippen molar-refractivity contribution in [3.05, 3.63) is 68.6 Å². The highest BCUT2D eigenvalue weighted by Crippen LogP contribution is 2.45. The normalized spacial score (nSPS) is 16.4. The topological polar surface area (TPSA) is 56.3 Å². The summed E-state index contributed by atoms with van der Waals surface area (Å²) in [6, 6.07) is 7.90. The van der Waals surface area contributed by atoms with E-state index in [0.717, 1.165) is 24.0 Å². The van der Waals surface area contributed by atoms with Crippen molar-refractivity contribution in [1.29, 1.82) is 10.5 Å². The van der Waals surface area contributed by atoms with Gasteiger partial charge in [0.25, 0.3) is 11.4 Å². The third-order valence-corrected chi connectivity index (χ3v) is 4.11. The zero-order valence-corrected chi connectivity index (χ0v) is 13.1. The Balaban J connectivity index is 2.91. The number of hydrogen-bond donors (Lipinski definition) is 0. The van der Waals surface area contributed by atoms with E-state index in [1.54, 1.807) is 0 Å². The Hall–Kier alpha value is -3.34. The first-order valence-corrected chi connectivity index (χ1v) is 7.32. The van der Waals surface area contributed by atoms with Crippen LogP contribution in [0.5, 0.6) is 0 Å². The van der Waals surface area contributed by atoms with Crippen molar-refractivity contribution in [2.75, 3.05) is 0 Å². The van der Waals surface area contributed by atoms with Gasteiger partial charge in [-0.15, -0.1) is 0 Å². The molecule has 0 saturated heterocycles. The van der Waals surface area contributed by atoms with E-state index in [-0.39, 0.29) is 11.4 Å². The Labute approximate surface area is 136 Å². The quantitative estimate of drug-likeness (QED) is 0.595. The molecule has 0 unspecified atom stereocenters. The molecule has 0 atom stereocenters. The monoisotopic (exact) mass is 298 g/mol. The average Bonchev–Trinajstić information content (AvgIpc) is 2.94. The summed E-state index contributed by atoms with van der Waals surface area (Å²) < 4.78 is 0. The molecule has 4 heteroatoms. The minimum absolute atomic E-state index is 0.0369. The van der Waals surface area contributed by atoms with Crippen molar-refractivity contribution in [3.8, 4) is 12.1 Å². The molecule has 4 nitrogen and oxygen atoms in total. The van der Waals surface area contributed by atoms with Crippen LogP contribution < -0.4 is 0 Å². The van der Waals surface area contributed by atoms with Crippen LogP contribution in [0.4, 0.5) is 0 Å². The molecule has 0 aliphatic heterocycles. The van der Waals surface area contributed by atoms with Crippen LogP contribution in [0, 0.1) is 35.8 Å². The van der Waals surface area contributed by atoms with E-state index < -0.39 is 0 Å². The van der Waals surface area contributed by atoms with Crippen LogP contribution in [0.3, 0.4) is 0 Å². The van der Waals surface area contributed by atoms with E-state index in [2.05, 4.69) is 23.5 Å². The van der Waals surface area contributed by atoms with E-state index in [1.807, 2.05) is 24.3 Å². The highest BCUT2D eigenvalue weighted by atomic mass is 14.7. The second-order valence-corrected chi connectivity index (χ2v) is 5.15. The summed E-state index contributed by atoms with van der Waals surface area (Å²) in [5.41, 5.74) is 5.31. The summed E-state index contributed by atoms with van der Waals surface area (Å²) in [6.45, 7) is 18.5. The summed E-state index contributed by atoms with van der Waals surface area (Å²) in [6.07, 6.45) is 2.01. The molecule has 0 spiro atoms. The smallest absolute Gasteiger partial charge is 0.226 e. The molecule has 1 aromatic rings. The Morgan fingerprint density at radius 1 is 0.957 bits per heavy atom. The number of hydrogen-bond acceptors (Lipinski definition) is 2. The SMILES string of the molecule is [C-]#[N+]/C(C#N)=C1/C/C(=C(\C#N)[N+]#[C-])c2cc(CC)c(CC)cc21. The fourth-order valence-corrected chi connectivity index (χ4v) is 2.96. The van der Waals surface area contributed by atoms with Gasteiger partial charge in [-0.3, -0.25) is 0 Å². The number of allylic oxidation sites excluding steroid dienone is 4. The number of fused-ring (bicyclic) bond motifs is 1. The van der Waals surface area contributed by atoms with E-state index in [4.69, 9.17) is 13.1 Å². The summed E-state index contributed by atoms with van der Waals surface area (Å²) in [4.78, 5) is 6.63. The van der Waals surface area contributed by atoms with Crippen LogP contribution in [0.2, 0.25) is 0 Å². The van der Waals surface area contributed by atoms with E-state index >= 15 is 0 Å². The second kappa shape index (κ2) is 6.62. The van der Waals surface area contributed by atoms with E-state index in [9.17, 15) is 10.5 Å². The molecule has 0 amide bonds. The molecule has 2 rings (SSSR count). The molecule has 0 fully saturated rings. The lowest BCUT2D eigenvalue weighted by Gasteiger charge is -2.11. The molecule has 0 N–H and O–H groups in total. The first kappa shape index (κ1) is 16.0. The highest BCUT2D eigenvalue weighted by Gasteiger charge is 2.27. The fraction of sp³-hybridized carbons (Fsp3) is 0.263. The maximum absolute atomic E-state index is 9.22. The maximum Gasteiger partial charge on any atom is 0.265 e. The van der Waals surface area contributed by atoms with Crippen LogP contribution in [-0.4, -0.2) is 0 Å². The summed E-state index contributed by atoms with van der Waals surface area (Å²) in [5, 5.41) is 18.4. The standard InChI is InChI=1S/C19H14N4/c1-5-12-7-14-15(8-13(12)6-2)17(19(11-21)23-4)9-16(14)18(10-20)22-3/h7-8H,5-6,9H2,1-2H3/b18-16-,19-17-. The number of aryl methyl sites for hydroxylation is 2. The second-order valence-electron chi connectivity index (χ2n) is 5.15. The van der Waals surface area contributed by atoms with E-state index in [1.165, 1.54) is 11.1 Å². The van der Waals surface area contributed by atoms with Crippen molar-refractivity contribution >= 4 is 11.1 Å². The number of benzene rings is 1. The Morgan fingerprint density at radius 3 is 1.61 bits per heavy atom. The fourth-order valence-electron chi connectivity index (χ4n) is 2.96. The van der Waals surface area contributed by atoms with Crippen molar-refractivity contribution < 1.29 is 0 Å². The van der Waals surface area contributed by atoms with Gasteiger partial charge in [0.05, 0.1) is 25.3 Å². The lowest BCUT2D eigenvalue weighted by molar-refractivity contribution is 1.03. The number of nitriles is 2. The molecule has 1 aliphatic carbocycles. The summed E-state index contributed by atoms with van der Waals surface area (Å²) >= 11 is 0. The van der Waals surface area contributed by atoms with Gasteiger partial charge in [0.2, 0.25) is 0 Å². The van der Waals surface area contributed by atoms with Crippen LogP contribution in [0.25, 0.3) is 20.8 Å². The lowest BCUT2D eigenvalue weighted by Crippen LogP contribution is -1.95. The van der Waals surface area contributed by atoms with Gasteiger partial charge < -0.3 is 0 Å². The van der Waals surface area contributed by atoms with Crippen LogP contribution in [0.1, 0.15) is 42.5 Å². The van der Waals surface area contributed by atoms with Gasteiger partial charge in [0.1, 0.15) is 0 Å². The Kier molecular flexibility index (Phi) is 4.61. The van der Waals surface area contributed by atoms with Gasteiger partial charge in [-0.1, -0.05) is 26.0 Å². The highest BCUT2D eigenvalue weighted by molar-refractivity contribution is 5.97. The maximum atomic E-state index is 9.22. The first-order chi connectivity index (χ1) is 11.1. The third-order valence-electron chi connectivity index (χ3n) is 4.11. The summed E-state index contributed by atoms with van der Waals surface area (Å²) in [5.74, 6) is 0. The average molecular weight is 298 g/mol. The van der Waals surface area contributed by atoms with Crippen LogP contribution >= 0.6 is 0 Å². The molecule has 23 heavy (non-hydrogen) atoms. The van der Waals surface area contributed by atoms with Crippen molar-refractivity contribution in [3.63, 3.8) is 0 Å².